The van der Waals surface area contributed by atoms with Crippen LogP contribution in [0.2, 0.25) is 5.02 Å². The lowest BCUT2D eigenvalue weighted by atomic mass is 9.86. The van der Waals surface area contributed by atoms with Crippen molar-refractivity contribution in [1.82, 2.24) is 14.9 Å². The zero-order chi connectivity index (χ0) is 15.5. The minimum Gasteiger partial charge on any atom is -0.336 e. The Morgan fingerprint density at radius 2 is 2.14 bits per heavy atom. The molecule has 2 rings (SSSR count). The first-order chi connectivity index (χ1) is 9.86. The lowest BCUT2D eigenvalue weighted by molar-refractivity contribution is 0.240. The molecule has 1 aromatic carbocycles. The molecule has 0 amide bonds. The van der Waals surface area contributed by atoms with Crippen LogP contribution in [-0.2, 0) is 13.1 Å². The Hall–Kier alpha value is -0.840. The molecule has 0 radical (unpaired) electrons. The third-order valence-electron chi connectivity index (χ3n) is 3.53. The molecule has 1 heterocycles. The molecular formula is C16H21BrClN3. The average Bonchev–Trinajstić information content (AvgIpc) is 2.90. The molecule has 0 spiro atoms. The zero-order valence-corrected chi connectivity index (χ0v) is 14.9. The molecule has 0 aliphatic heterocycles. The maximum atomic E-state index is 6.03. The third kappa shape index (κ3) is 4.83. The number of hydrogen-bond donors (Lipinski definition) is 1. The van der Waals surface area contributed by atoms with Crippen LogP contribution in [0.5, 0.6) is 0 Å². The number of nitrogens with one attached hydrogen (secondary N) is 1. The summed E-state index contributed by atoms with van der Waals surface area (Å²) in [6, 6.07) is 6.38. The van der Waals surface area contributed by atoms with Crippen molar-refractivity contribution in [1.29, 1.82) is 0 Å². The standard InChI is InChI=1S/C16H21BrClN3/c1-16(2,3)15(10-21-7-6-19-11-21)20-9-12-4-5-14(18)13(17)8-12/h4-8,11,15,20H,9-10H2,1-3H3. The van der Waals surface area contributed by atoms with E-state index in [9.17, 15) is 0 Å². The van der Waals surface area contributed by atoms with Gasteiger partial charge in [0.15, 0.2) is 0 Å². The van der Waals surface area contributed by atoms with E-state index in [0.717, 1.165) is 22.6 Å². The summed E-state index contributed by atoms with van der Waals surface area (Å²) >= 11 is 9.50. The van der Waals surface area contributed by atoms with Crippen LogP contribution in [-0.4, -0.2) is 15.6 Å². The van der Waals surface area contributed by atoms with Gasteiger partial charge in [-0.05, 0) is 39.0 Å². The molecule has 2 aromatic rings. The molecule has 1 unspecified atom stereocenters. The maximum Gasteiger partial charge on any atom is 0.0946 e. The Labute approximate surface area is 139 Å². The van der Waals surface area contributed by atoms with Crippen molar-refractivity contribution in [2.24, 2.45) is 5.41 Å². The Kier molecular flexibility index (Phi) is 5.47. The summed E-state index contributed by atoms with van der Waals surface area (Å²) in [5.41, 5.74) is 1.37. The summed E-state index contributed by atoms with van der Waals surface area (Å²) in [4.78, 5) is 4.11. The number of aromatic nitrogens is 2. The summed E-state index contributed by atoms with van der Waals surface area (Å²) < 4.78 is 3.05. The zero-order valence-electron chi connectivity index (χ0n) is 12.6. The average molecular weight is 371 g/mol. The SMILES string of the molecule is CC(C)(C)C(Cn1ccnc1)NCc1ccc(Cl)c(Br)c1. The van der Waals surface area contributed by atoms with E-state index < -0.39 is 0 Å². The molecule has 0 bridgehead atoms. The molecule has 0 fully saturated rings. The van der Waals surface area contributed by atoms with Gasteiger partial charge in [-0.15, -0.1) is 0 Å². The highest BCUT2D eigenvalue weighted by Crippen LogP contribution is 2.24. The van der Waals surface area contributed by atoms with Crippen LogP contribution in [0.1, 0.15) is 26.3 Å². The highest BCUT2D eigenvalue weighted by atomic mass is 79.9. The van der Waals surface area contributed by atoms with Gasteiger partial charge in [-0.3, -0.25) is 0 Å². The van der Waals surface area contributed by atoms with Gasteiger partial charge < -0.3 is 9.88 Å². The lowest BCUT2D eigenvalue weighted by Gasteiger charge is -2.32. The van der Waals surface area contributed by atoms with E-state index in [-0.39, 0.29) is 5.41 Å². The molecule has 1 aromatic heterocycles. The molecule has 3 nitrogen and oxygen atoms in total. The molecule has 0 aliphatic carbocycles. The molecule has 21 heavy (non-hydrogen) atoms. The predicted octanol–water partition coefficient (Wildman–Crippen LogP) is 4.50. The number of benzene rings is 1. The largest absolute Gasteiger partial charge is 0.336 e. The molecule has 1 N–H and O–H groups in total. The normalized spacial score (nSPS) is 13.4. The van der Waals surface area contributed by atoms with Crippen LogP contribution in [0, 0.1) is 5.41 Å². The van der Waals surface area contributed by atoms with Gasteiger partial charge in [0.05, 0.1) is 11.3 Å². The van der Waals surface area contributed by atoms with Crippen LogP contribution >= 0.6 is 27.5 Å². The second-order valence-electron chi connectivity index (χ2n) is 6.31. The monoisotopic (exact) mass is 369 g/mol. The van der Waals surface area contributed by atoms with E-state index in [2.05, 4.69) is 63.7 Å². The van der Waals surface area contributed by atoms with E-state index in [4.69, 9.17) is 11.6 Å². The number of nitrogens with zero attached hydrogens (tertiary/aromatic N) is 2. The molecule has 114 valence electrons. The van der Waals surface area contributed by atoms with Crippen molar-refractivity contribution in [3.63, 3.8) is 0 Å². The molecule has 0 saturated carbocycles. The van der Waals surface area contributed by atoms with Crippen LogP contribution in [0.15, 0.2) is 41.4 Å². The summed E-state index contributed by atoms with van der Waals surface area (Å²) in [5, 5.41) is 4.39. The van der Waals surface area contributed by atoms with Crippen molar-refractivity contribution in [2.45, 2.75) is 39.9 Å². The van der Waals surface area contributed by atoms with E-state index in [1.807, 2.05) is 24.8 Å². The van der Waals surface area contributed by atoms with Crippen LogP contribution in [0.4, 0.5) is 0 Å². The Balaban J connectivity index is 2.03. The molecule has 5 heteroatoms. The quantitative estimate of drug-likeness (QED) is 0.839. The van der Waals surface area contributed by atoms with Gasteiger partial charge >= 0.3 is 0 Å². The predicted molar refractivity (Wildman–Crippen MR) is 91.5 cm³/mol. The van der Waals surface area contributed by atoms with Crippen LogP contribution < -0.4 is 5.32 Å². The molecule has 0 aliphatic rings. The topological polar surface area (TPSA) is 29.9 Å². The van der Waals surface area contributed by atoms with E-state index in [0.29, 0.717) is 6.04 Å². The van der Waals surface area contributed by atoms with Gasteiger partial charge in [0.2, 0.25) is 0 Å². The Morgan fingerprint density at radius 1 is 1.38 bits per heavy atom. The Morgan fingerprint density at radius 3 is 2.71 bits per heavy atom. The van der Waals surface area contributed by atoms with Crippen LogP contribution in [0.3, 0.4) is 0 Å². The molecule has 0 saturated heterocycles. The highest BCUT2D eigenvalue weighted by molar-refractivity contribution is 9.10. The van der Waals surface area contributed by atoms with Gasteiger partial charge in [-0.25, -0.2) is 4.98 Å². The highest BCUT2D eigenvalue weighted by Gasteiger charge is 2.24. The van der Waals surface area contributed by atoms with E-state index >= 15 is 0 Å². The van der Waals surface area contributed by atoms with E-state index in [1.54, 1.807) is 0 Å². The minimum atomic E-state index is 0.161. The number of imidazole rings is 1. The third-order valence-corrected chi connectivity index (χ3v) is 4.75. The van der Waals surface area contributed by atoms with Gasteiger partial charge in [-0.1, -0.05) is 38.4 Å². The second-order valence-corrected chi connectivity index (χ2v) is 7.57. The first-order valence-electron chi connectivity index (χ1n) is 6.99. The smallest absolute Gasteiger partial charge is 0.0946 e. The van der Waals surface area contributed by atoms with E-state index in [1.165, 1.54) is 5.56 Å². The van der Waals surface area contributed by atoms with Crippen molar-refractivity contribution in [3.8, 4) is 0 Å². The van der Waals surface area contributed by atoms with Crippen molar-refractivity contribution < 1.29 is 0 Å². The van der Waals surface area contributed by atoms with Gasteiger partial charge in [0, 0.05) is 36.0 Å². The first kappa shape index (κ1) is 16.5. The number of hydrogen-bond acceptors (Lipinski definition) is 2. The Bertz CT molecular complexity index is 576. The maximum absolute atomic E-state index is 6.03. The van der Waals surface area contributed by atoms with Crippen molar-refractivity contribution in [2.75, 3.05) is 0 Å². The minimum absolute atomic E-state index is 0.161. The lowest BCUT2D eigenvalue weighted by Crippen LogP contribution is -2.42. The summed E-state index contributed by atoms with van der Waals surface area (Å²) in [6.07, 6.45) is 5.68. The van der Waals surface area contributed by atoms with Gasteiger partial charge in [0.25, 0.3) is 0 Å². The number of rotatable bonds is 5. The summed E-state index contributed by atoms with van der Waals surface area (Å²) in [6.45, 7) is 8.46. The molecular weight excluding hydrogens is 350 g/mol. The van der Waals surface area contributed by atoms with Crippen molar-refractivity contribution >= 4 is 27.5 Å². The summed E-state index contributed by atoms with van der Waals surface area (Å²) in [7, 11) is 0. The van der Waals surface area contributed by atoms with Crippen LogP contribution in [0.25, 0.3) is 0 Å². The van der Waals surface area contributed by atoms with Crippen molar-refractivity contribution in [3.05, 3.63) is 52.0 Å². The fourth-order valence-electron chi connectivity index (χ4n) is 2.14. The molecule has 1 atom stereocenters. The number of halogens is 2. The van der Waals surface area contributed by atoms with Gasteiger partial charge in [0.1, 0.15) is 0 Å². The van der Waals surface area contributed by atoms with Gasteiger partial charge in [-0.2, -0.15) is 0 Å². The fourth-order valence-corrected chi connectivity index (χ4v) is 2.68. The second kappa shape index (κ2) is 6.95. The summed E-state index contributed by atoms with van der Waals surface area (Å²) in [5.74, 6) is 0. The fraction of sp³-hybridized carbons (Fsp3) is 0.438. The first-order valence-corrected chi connectivity index (χ1v) is 8.16.